The number of piperidine rings is 1. The van der Waals surface area contributed by atoms with Crippen LogP contribution < -0.4 is 10.6 Å². The summed E-state index contributed by atoms with van der Waals surface area (Å²) in [6.45, 7) is 8.85. The molecule has 0 bridgehead atoms. The highest BCUT2D eigenvalue weighted by molar-refractivity contribution is 5.48. The van der Waals surface area contributed by atoms with Crippen LogP contribution in [0.1, 0.15) is 45.2 Å². The lowest BCUT2D eigenvalue weighted by atomic mass is 9.84. The topological polar surface area (TPSA) is 42.1 Å². The Morgan fingerprint density at radius 1 is 1.47 bits per heavy atom. The van der Waals surface area contributed by atoms with Crippen LogP contribution in [0.25, 0.3) is 0 Å². The molecule has 0 aromatic carbocycles. The first-order valence-electron chi connectivity index (χ1n) is 6.45. The third kappa shape index (κ3) is 2.78. The number of rotatable bonds is 2. The molecule has 1 fully saturated rings. The molecule has 1 aromatic rings. The van der Waals surface area contributed by atoms with Crippen molar-refractivity contribution in [3.8, 4) is 0 Å². The summed E-state index contributed by atoms with van der Waals surface area (Å²) in [6, 6.07) is 4.11. The SMILES string of the molecule is C[C@@H](N)c1cccnc1N1CCCC(C)(C)C1. The highest BCUT2D eigenvalue weighted by Crippen LogP contribution is 2.33. The molecular formula is C14H23N3. The van der Waals surface area contributed by atoms with E-state index < -0.39 is 0 Å². The molecule has 0 saturated carbocycles. The van der Waals surface area contributed by atoms with E-state index in [1.165, 1.54) is 12.8 Å². The third-order valence-electron chi connectivity index (χ3n) is 3.51. The van der Waals surface area contributed by atoms with Crippen molar-refractivity contribution in [2.45, 2.75) is 39.7 Å². The van der Waals surface area contributed by atoms with Crippen molar-refractivity contribution in [2.75, 3.05) is 18.0 Å². The van der Waals surface area contributed by atoms with Crippen molar-refractivity contribution in [1.82, 2.24) is 4.98 Å². The predicted molar refractivity (Wildman–Crippen MR) is 72.1 cm³/mol. The number of hydrogen-bond acceptors (Lipinski definition) is 3. The fraction of sp³-hybridized carbons (Fsp3) is 0.643. The number of anilines is 1. The van der Waals surface area contributed by atoms with Gasteiger partial charge in [0.05, 0.1) is 0 Å². The average molecular weight is 233 g/mol. The van der Waals surface area contributed by atoms with Crippen molar-refractivity contribution in [1.29, 1.82) is 0 Å². The summed E-state index contributed by atoms with van der Waals surface area (Å²) >= 11 is 0. The third-order valence-corrected chi connectivity index (χ3v) is 3.51. The Morgan fingerprint density at radius 3 is 2.88 bits per heavy atom. The molecule has 0 unspecified atom stereocenters. The quantitative estimate of drug-likeness (QED) is 0.854. The Bertz CT molecular complexity index is 385. The molecule has 0 amide bonds. The van der Waals surface area contributed by atoms with Gasteiger partial charge in [-0.25, -0.2) is 4.98 Å². The summed E-state index contributed by atoms with van der Waals surface area (Å²) in [6.07, 6.45) is 4.40. The minimum atomic E-state index is 0.0451. The molecule has 1 saturated heterocycles. The summed E-state index contributed by atoms with van der Waals surface area (Å²) in [4.78, 5) is 6.93. The smallest absolute Gasteiger partial charge is 0.133 e. The number of pyridine rings is 1. The van der Waals surface area contributed by atoms with Crippen molar-refractivity contribution in [3.05, 3.63) is 23.9 Å². The summed E-state index contributed by atoms with van der Waals surface area (Å²) in [5, 5.41) is 0. The minimum absolute atomic E-state index is 0.0451. The number of aromatic nitrogens is 1. The van der Waals surface area contributed by atoms with Gasteiger partial charge in [-0.1, -0.05) is 19.9 Å². The van der Waals surface area contributed by atoms with Gasteiger partial charge < -0.3 is 10.6 Å². The van der Waals surface area contributed by atoms with Gasteiger partial charge in [-0.05, 0) is 31.2 Å². The molecule has 17 heavy (non-hydrogen) atoms. The molecule has 94 valence electrons. The molecule has 0 aliphatic carbocycles. The van der Waals surface area contributed by atoms with Crippen LogP contribution in [0.3, 0.4) is 0 Å². The Hall–Kier alpha value is -1.09. The van der Waals surface area contributed by atoms with Crippen molar-refractivity contribution in [3.63, 3.8) is 0 Å². The molecule has 3 nitrogen and oxygen atoms in total. The van der Waals surface area contributed by atoms with Gasteiger partial charge >= 0.3 is 0 Å². The van der Waals surface area contributed by atoms with E-state index in [9.17, 15) is 0 Å². The van der Waals surface area contributed by atoms with E-state index in [-0.39, 0.29) is 6.04 Å². The molecule has 2 N–H and O–H groups in total. The zero-order valence-electron chi connectivity index (χ0n) is 11.1. The maximum atomic E-state index is 6.02. The molecule has 1 atom stereocenters. The normalized spacial score (nSPS) is 21.3. The highest BCUT2D eigenvalue weighted by Gasteiger charge is 2.28. The largest absolute Gasteiger partial charge is 0.356 e. The molecule has 1 aliphatic rings. The van der Waals surface area contributed by atoms with Gasteiger partial charge in [-0.2, -0.15) is 0 Å². The molecule has 1 aliphatic heterocycles. The first-order valence-corrected chi connectivity index (χ1v) is 6.45. The Morgan fingerprint density at radius 2 is 2.24 bits per heavy atom. The zero-order chi connectivity index (χ0) is 12.5. The molecule has 2 heterocycles. The molecule has 0 radical (unpaired) electrons. The van der Waals surface area contributed by atoms with Crippen LogP contribution in [0.5, 0.6) is 0 Å². The van der Waals surface area contributed by atoms with E-state index in [1.807, 2.05) is 19.2 Å². The second-order valence-electron chi connectivity index (χ2n) is 5.89. The van der Waals surface area contributed by atoms with Crippen molar-refractivity contribution in [2.24, 2.45) is 11.1 Å². The molecule has 3 heteroatoms. The first-order chi connectivity index (χ1) is 7.99. The van der Waals surface area contributed by atoms with E-state index in [4.69, 9.17) is 5.73 Å². The number of hydrogen-bond donors (Lipinski definition) is 1. The van der Waals surface area contributed by atoms with Gasteiger partial charge in [0.25, 0.3) is 0 Å². The summed E-state index contributed by atoms with van der Waals surface area (Å²) in [5.74, 6) is 1.08. The molecule has 1 aromatic heterocycles. The first kappa shape index (κ1) is 12.4. The average Bonchev–Trinajstić information content (AvgIpc) is 2.27. The van der Waals surface area contributed by atoms with E-state index in [2.05, 4.69) is 29.8 Å². The maximum Gasteiger partial charge on any atom is 0.133 e. The van der Waals surface area contributed by atoms with Crippen molar-refractivity contribution >= 4 is 5.82 Å². The van der Waals surface area contributed by atoms with E-state index in [0.717, 1.165) is 24.5 Å². The lowest BCUT2D eigenvalue weighted by Gasteiger charge is -2.39. The van der Waals surface area contributed by atoms with Crippen LogP contribution in [-0.2, 0) is 0 Å². The predicted octanol–water partition coefficient (Wildman–Crippen LogP) is 2.73. The van der Waals surface area contributed by atoms with Crippen molar-refractivity contribution < 1.29 is 0 Å². The number of nitrogens with two attached hydrogens (primary N) is 1. The highest BCUT2D eigenvalue weighted by atomic mass is 15.2. The van der Waals surface area contributed by atoms with Crippen LogP contribution >= 0.6 is 0 Å². The van der Waals surface area contributed by atoms with Crippen LogP contribution in [-0.4, -0.2) is 18.1 Å². The Labute approximate surface area is 104 Å². The fourth-order valence-electron chi connectivity index (χ4n) is 2.63. The lowest BCUT2D eigenvalue weighted by molar-refractivity contribution is 0.291. The Kier molecular flexibility index (Phi) is 3.38. The molecular weight excluding hydrogens is 210 g/mol. The second-order valence-corrected chi connectivity index (χ2v) is 5.89. The van der Waals surface area contributed by atoms with Crippen LogP contribution in [0.4, 0.5) is 5.82 Å². The van der Waals surface area contributed by atoms with Gasteiger partial charge in [0.2, 0.25) is 0 Å². The fourth-order valence-corrected chi connectivity index (χ4v) is 2.63. The summed E-state index contributed by atoms with van der Waals surface area (Å²) in [5.41, 5.74) is 7.56. The van der Waals surface area contributed by atoms with E-state index in [0.29, 0.717) is 5.41 Å². The standard InChI is InChI=1S/C14H23N3/c1-11(15)12-6-4-8-16-13(12)17-9-5-7-14(2,3)10-17/h4,6,8,11H,5,7,9-10,15H2,1-3H3/t11-/m1/s1. The summed E-state index contributed by atoms with van der Waals surface area (Å²) in [7, 11) is 0. The van der Waals surface area contributed by atoms with Crippen LogP contribution in [0, 0.1) is 5.41 Å². The Balaban J connectivity index is 2.27. The molecule has 0 spiro atoms. The van der Waals surface area contributed by atoms with Crippen LogP contribution in [0.15, 0.2) is 18.3 Å². The van der Waals surface area contributed by atoms with Crippen LogP contribution in [0.2, 0.25) is 0 Å². The van der Waals surface area contributed by atoms with Gasteiger partial charge in [0, 0.05) is 30.9 Å². The monoisotopic (exact) mass is 233 g/mol. The summed E-state index contributed by atoms with van der Waals surface area (Å²) < 4.78 is 0. The maximum absolute atomic E-state index is 6.02. The minimum Gasteiger partial charge on any atom is -0.356 e. The van der Waals surface area contributed by atoms with Gasteiger partial charge in [0.15, 0.2) is 0 Å². The van der Waals surface area contributed by atoms with Gasteiger partial charge in [-0.15, -0.1) is 0 Å². The second kappa shape index (κ2) is 4.65. The zero-order valence-corrected chi connectivity index (χ0v) is 11.1. The molecule has 2 rings (SSSR count). The van der Waals surface area contributed by atoms with Gasteiger partial charge in [0.1, 0.15) is 5.82 Å². The van der Waals surface area contributed by atoms with Gasteiger partial charge in [-0.3, -0.25) is 0 Å². The van der Waals surface area contributed by atoms with E-state index in [1.54, 1.807) is 0 Å². The number of nitrogens with zero attached hydrogens (tertiary/aromatic N) is 2. The lowest BCUT2D eigenvalue weighted by Crippen LogP contribution is -2.41. The van der Waals surface area contributed by atoms with E-state index >= 15 is 0 Å².